The monoisotopic (exact) mass is 422 g/mol. The van der Waals surface area contributed by atoms with Crippen LogP contribution in [-0.4, -0.2) is 11.0 Å². The van der Waals surface area contributed by atoms with Gasteiger partial charge < -0.3 is 4.74 Å². The van der Waals surface area contributed by atoms with E-state index in [4.69, 9.17) is 4.74 Å². The summed E-state index contributed by atoms with van der Waals surface area (Å²) in [6.45, 7) is 1.36. The standard InChI is InChI=1S/C26H18N2O2S/c1-18(29)30-24-13-7-19(8-14-24)15-23(16-27)26-28-25(17-31-26)22-11-9-21(10-12-22)20-5-3-2-4-6-20/h2-15,17H,1H3. The van der Waals surface area contributed by atoms with Crippen LogP contribution in [0, 0.1) is 11.3 Å². The quantitative estimate of drug-likeness (QED) is 0.210. The fourth-order valence-electron chi connectivity index (χ4n) is 3.10. The number of aromatic nitrogens is 1. The number of thiazole rings is 1. The highest BCUT2D eigenvalue weighted by atomic mass is 32.1. The predicted octanol–water partition coefficient (Wildman–Crippen LogP) is 6.47. The van der Waals surface area contributed by atoms with Gasteiger partial charge in [-0.3, -0.25) is 4.79 Å². The third-order valence-corrected chi connectivity index (χ3v) is 5.47. The molecule has 0 bridgehead atoms. The minimum atomic E-state index is -0.367. The number of allylic oxidation sites excluding steroid dienone is 1. The summed E-state index contributed by atoms with van der Waals surface area (Å²) in [6.07, 6.45) is 1.78. The maximum Gasteiger partial charge on any atom is 0.308 e. The number of nitrogens with zero attached hydrogens (tertiary/aromatic N) is 2. The van der Waals surface area contributed by atoms with Crippen LogP contribution in [0.3, 0.4) is 0 Å². The summed E-state index contributed by atoms with van der Waals surface area (Å²) >= 11 is 1.44. The number of carbonyl (C=O) groups is 1. The van der Waals surface area contributed by atoms with Crippen LogP contribution in [0.2, 0.25) is 0 Å². The average molecular weight is 423 g/mol. The van der Waals surface area contributed by atoms with Crippen molar-refractivity contribution in [2.75, 3.05) is 0 Å². The van der Waals surface area contributed by atoms with Gasteiger partial charge >= 0.3 is 5.97 Å². The second kappa shape index (κ2) is 9.21. The maximum absolute atomic E-state index is 11.0. The molecule has 3 aromatic carbocycles. The van der Waals surface area contributed by atoms with Gasteiger partial charge in [0.1, 0.15) is 16.8 Å². The maximum atomic E-state index is 11.0. The van der Waals surface area contributed by atoms with E-state index >= 15 is 0 Å². The fourth-order valence-corrected chi connectivity index (χ4v) is 3.90. The van der Waals surface area contributed by atoms with Gasteiger partial charge in [-0.25, -0.2) is 4.98 Å². The first kappa shape index (κ1) is 20.3. The van der Waals surface area contributed by atoms with Crippen molar-refractivity contribution in [3.63, 3.8) is 0 Å². The zero-order valence-electron chi connectivity index (χ0n) is 16.8. The number of esters is 1. The van der Waals surface area contributed by atoms with Crippen LogP contribution >= 0.6 is 11.3 Å². The van der Waals surface area contributed by atoms with Crippen LogP contribution in [0.1, 0.15) is 17.5 Å². The number of nitriles is 1. The molecule has 1 heterocycles. The summed E-state index contributed by atoms with van der Waals surface area (Å²) in [5.41, 5.74) is 5.47. The lowest BCUT2D eigenvalue weighted by Gasteiger charge is -2.03. The van der Waals surface area contributed by atoms with Gasteiger partial charge in [0.25, 0.3) is 0 Å². The minimum absolute atomic E-state index is 0.367. The van der Waals surface area contributed by atoms with Crippen LogP contribution in [0.5, 0.6) is 5.75 Å². The summed E-state index contributed by atoms with van der Waals surface area (Å²) in [7, 11) is 0. The van der Waals surface area contributed by atoms with Gasteiger partial charge in [0.15, 0.2) is 0 Å². The summed E-state index contributed by atoms with van der Waals surface area (Å²) in [5.74, 6) is 0.103. The molecule has 0 fully saturated rings. The number of benzene rings is 3. The highest BCUT2D eigenvalue weighted by molar-refractivity contribution is 7.11. The lowest BCUT2D eigenvalue weighted by Crippen LogP contribution is -2.00. The lowest BCUT2D eigenvalue weighted by molar-refractivity contribution is -0.131. The van der Waals surface area contributed by atoms with E-state index in [0.29, 0.717) is 16.3 Å². The van der Waals surface area contributed by atoms with Crippen molar-refractivity contribution < 1.29 is 9.53 Å². The second-order valence-corrected chi connectivity index (χ2v) is 7.67. The zero-order valence-corrected chi connectivity index (χ0v) is 17.6. The zero-order chi connectivity index (χ0) is 21.6. The molecule has 4 aromatic rings. The van der Waals surface area contributed by atoms with E-state index in [1.54, 1.807) is 30.3 Å². The molecule has 0 saturated heterocycles. The molecule has 0 aliphatic heterocycles. The first-order chi connectivity index (χ1) is 15.1. The lowest BCUT2D eigenvalue weighted by atomic mass is 10.0. The van der Waals surface area contributed by atoms with Gasteiger partial charge in [0.05, 0.1) is 11.3 Å². The number of ether oxygens (including phenoxy) is 1. The summed E-state index contributed by atoms with van der Waals surface area (Å²) in [5, 5.41) is 12.3. The van der Waals surface area contributed by atoms with Gasteiger partial charge in [-0.2, -0.15) is 5.26 Å². The van der Waals surface area contributed by atoms with E-state index < -0.39 is 0 Å². The molecule has 0 atom stereocenters. The number of hydrogen-bond acceptors (Lipinski definition) is 5. The molecule has 0 unspecified atom stereocenters. The van der Waals surface area contributed by atoms with E-state index in [1.165, 1.54) is 23.8 Å². The van der Waals surface area contributed by atoms with E-state index in [1.807, 2.05) is 35.7 Å². The van der Waals surface area contributed by atoms with Gasteiger partial charge in [-0.1, -0.05) is 66.7 Å². The molecule has 0 aliphatic rings. The Balaban J connectivity index is 1.55. The molecule has 5 heteroatoms. The van der Waals surface area contributed by atoms with Crippen molar-refractivity contribution in [2.45, 2.75) is 6.92 Å². The number of hydrogen-bond donors (Lipinski definition) is 0. The molecule has 0 radical (unpaired) electrons. The highest BCUT2D eigenvalue weighted by Crippen LogP contribution is 2.29. The molecule has 1 aromatic heterocycles. The van der Waals surface area contributed by atoms with Crippen molar-refractivity contribution in [3.05, 3.63) is 94.8 Å². The van der Waals surface area contributed by atoms with Crippen LogP contribution in [0.4, 0.5) is 0 Å². The van der Waals surface area contributed by atoms with Gasteiger partial charge in [0, 0.05) is 17.9 Å². The third kappa shape index (κ3) is 4.95. The van der Waals surface area contributed by atoms with E-state index in [-0.39, 0.29) is 5.97 Å². The molecule has 0 aliphatic carbocycles. The minimum Gasteiger partial charge on any atom is -0.427 e. The summed E-state index contributed by atoms with van der Waals surface area (Å²) in [6, 6.07) is 27.7. The highest BCUT2D eigenvalue weighted by Gasteiger charge is 2.10. The topological polar surface area (TPSA) is 63.0 Å². The van der Waals surface area contributed by atoms with Crippen LogP contribution in [0.15, 0.2) is 84.2 Å². The largest absolute Gasteiger partial charge is 0.427 e. The molecule has 4 nitrogen and oxygen atoms in total. The Morgan fingerprint density at radius 2 is 1.58 bits per heavy atom. The molecular weight excluding hydrogens is 404 g/mol. The first-order valence-electron chi connectivity index (χ1n) is 9.64. The molecular formula is C26H18N2O2S. The van der Waals surface area contributed by atoms with Crippen molar-refractivity contribution >= 4 is 29.0 Å². The van der Waals surface area contributed by atoms with E-state index in [2.05, 4.69) is 35.3 Å². The first-order valence-corrected chi connectivity index (χ1v) is 10.5. The Hall–Kier alpha value is -4.01. The summed E-state index contributed by atoms with van der Waals surface area (Å²) in [4.78, 5) is 15.7. The van der Waals surface area contributed by atoms with Crippen molar-refractivity contribution in [1.82, 2.24) is 4.98 Å². The Kier molecular flexibility index (Phi) is 6.02. The van der Waals surface area contributed by atoms with Crippen molar-refractivity contribution in [3.8, 4) is 34.2 Å². The van der Waals surface area contributed by atoms with Gasteiger partial charge in [-0.15, -0.1) is 11.3 Å². The van der Waals surface area contributed by atoms with Crippen LogP contribution in [0.25, 0.3) is 34.0 Å². The Morgan fingerprint density at radius 1 is 0.935 bits per heavy atom. The molecule has 0 saturated carbocycles. The molecule has 0 amide bonds. The molecule has 31 heavy (non-hydrogen) atoms. The van der Waals surface area contributed by atoms with E-state index in [0.717, 1.165) is 22.4 Å². The van der Waals surface area contributed by atoms with Crippen molar-refractivity contribution in [1.29, 1.82) is 5.26 Å². The van der Waals surface area contributed by atoms with Crippen LogP contribution < -0.4 is 4.74 Å². The second-order valence-electron chi connectivity index (χ2n) is 6.81. The number of rotatable bonds is 5. The van der Waals surface area contributed by atoms with Crippen molar-refractivity contribution in [2.24, 2.45) is 0 Å². The third-order valence-electron chi connectivity index (χ3n) is 4.60. The molecule has 150 valence electrons. The molecule has 0 spiro atoms. The fraction of sp³-hybridized carbons (Fsp3) is 0.0385. The molecule has 0 N–H and O–H groups in total. The SMILES string of the molecule is CC(=O)Oc1ccc(C=C(C#N)c2nc(-c3ccc(-c4ccccc4)cc3)cs2)cc1. The normalized spacial score (nSPS) is 11.0. The smallest absolute Gasteiger partial charge is 0.308 e. The Bertz CT molecular complexity index is 1270. The predicted molar refractivity (Wildman–Crippen MR) is 124 cm³/mol. The average Bonchev–Trinajstić information content (AvgIpc) is 3.29. The van der Waals surface area contributed by atoms with Gasteiger partial charge in [0.2, 0.25) is 0 Å². The van der Waals surface area contributed by atoms with Crippen LogP contribution in [-0.2, 0) is 4.79 Å². The summed E-state index contributed by atoms with van der Waals surface area (Å²) < 4.78 is 5.04. The van der Waals surface area contributed by atoms with E-state index in [9.17, 15) is 10.1 Å². The Morgan fingerprint density at radius 3 is 2.23 bits per heavy atom. The molecule has 4 rings (SSSR count). The van der Waals surface area contributed by atoms with Gasteiger partial charge in [-0.05, 0) is 34.9 Å². The number of carbonyl (C=O) groups excluding carboxylic acids is 1. The Labute approximate surface area is 184 Å².